The monoisotopic (exact) mass is 310 g/mol. The van der Waals surface area contributed by atoms with Crippen LogP contribution in [0.25, 0.3) is 0 Å². The molecule has 2 N–H and O–H groups in total. The minimum atomic E-state index is 0. The van der Waals surface area contributed by atoms with Gasteiger partial charge in [-0.3, -0.25) is 4.90 Å². The highest BCUT2D eigenvalue weighted by atomic mass is 35.5. The molecule has 0 amide bonds. The lowest BCUT2D eigenvalue weighted by Crippen LogP contribution is -2.37. The quantitative estimate of drug-likeness (QED) is 0.877. The summed E-state index contributed by atoms with van der Waals surface area (Å²) in [5.41, 5.74) is 7.17. The molecular formula is C17H27ClN2O. The van der Waals surface area contributed by atoms with Crippen molar-refractivity contribution < 1.29 is 4.74 Å². The summed E-state index contributed by atoms with van der Waals surface area (Å²) in [7, 11) is 0. The topological polar surface area (TPSA) is 38.5 Å². The van der Waals surface area contributed by atoms with Crippen LogP contribution in [0.5, 0.6) is 5.75 Å². The highest BCUT2D eigenvalue weighted by Gasteiger charge is 2.22. The van der Waals surface area contributed by atoms with Crippen LogP contribution in [0.15, 0.2) is 24.3 Å². The summed E-state index contributed by atoms with van der Waals surface area (Å²) in [5, 5.41) is 0. The maximum absolute atomic E-state index is 5.80. The van der Waals surface area contributed by atoms with E-state index in [0.717, 1.165) is 37.9 Å². The van der Waals surface area contributed by atoms with Crippen LogP contribution in [0.1, 0.15) is 31.2 Å². The van der Waals surface area contributed by atoms with Crippen molar-refractivity contribution in [1.29, 1.82) is 0 Å². The van der Waals surface area contributed by atoms with Crippen molar-refractivity contribution in [1.82, 2.24) is 4.90 Å². The Balaban J connectivity index is 0.00000161. The van der Waals surface area contributed by atoms with E-state index in [-0.39, 0.29) is 12.4 Å². The van der Waals surface area contributed by atoms with E-state index in [1.807, 2.05) is 0 Å². The van der Waals surface area contributed by atoms with Crippen molar-refractivity contribution in [2.24, 2.45) is 17.6 Å². The normalized spacial score (nSPS) is 22.6. The fourth-order valence-corrected chi connectivity index (χ4v) is 2.94. The zero-order valence-electron chi connectivity index (χ0n) is 12.7. The molecule has 1 saturated carbocycles. The van der Waals surface area contributed by atoms with Crippen LogP contribution in [0.4, 0.5) is 0 Å². The molecule has 2 fully saturated rings. The molecule has 1 saturated heterocycles. The molecule has 118 valence electrons. The maximum atomic E-state index is 5.80. The van der Waals surface area contributed by atoms with E-state index in [4.69, 9.17) is 10.5 Å². The van der Waals surface area contributed by atoms with Crippen LogP contribution >= 0.6 is 12.4 Å². The zero-order valence-corrected chi connectivity index (χ0v) is 13.5. The smallest absolute Gasteiger partial charge is 0.119 e. The van der Waals surface area contributed by atoms with Gasteiger partial charge in [0.05, 0.1) is 6.61 Å². The predicted octanol–water partition coefficient (Wildman–Crippen LogP) is 3.07. The molecule has 1 aliphatic carbocycles. The van der Waals surface area contributed by atoms with Crippen LogP contribution in [0.2, 0.25) is 0 Å². The molecule has 0 bridgehead atoms. The fraction of sp³-hybridized carbons (Fsp3) is 0.647. The molecule has 0 aromatic heterocycles. The van der Waals surface area contributed by atoms with Gasteiger partial charge in [0.15, 0.2) is 0 Å². The van der Waals surface area contributed by atoms with Crippen molar-refractivity contribution in [2.45, 2.75) is 32.2 Å². The average molecular weight is 311 g/mol. The van der Waals surface area contributed by atoms with Gasteiger partial charge in [0.1, 0.15) is 5.75 Å². The van der Waals surface area contributed by atoms with E-state index in [1.54, 1.807) is 0 Å². The molecule has 1 aliphatic heterocycles. The van der Waals surface area contributed by atoms with E-state index >= 15 is 0 Å². The first-order chi connectivity index (χ1) is 9.83. The lowest BCUT2D eigenvalue weighted by Gasteiger charge is -2.32. The van der Waals surface area contributed by atoms with Gasteiger partial charge in [0.2, 0.25) is 0 Å². The molecule has 1 aromatic rings. The lowest BCUT2D eigenvalue weighted by molar-refractivity contribution is 0.171. The molecule has 0 spiro atoms. The number of benzene rings is 1. The van der Waals surface area contributed by atoms with E-state index < -0.39 is 0 Å². The zero-order chi connectivity index (χ0) is 13.8. The Morgan fingerprint density at radius 1 is 1.10 bits per heavy atom. The van der Waals surface area contributed by atoms with E-state index in [0.29, 0.717) is 5.92 Å². The summed E-state index contributed by atoms with van der Waals surface area (Å²) in [6.45, 7) is 5.11. The minimum Gasteiger partial charge on any atom is -0.493 e. The second kappa shape index (κ2) is 8.02. The standard InChI is InChI=1S/C17H26N2O.ClH/c18-10-16-2-1-9-19(12-16)11-14-5-7-17(8-6-14)20-13-15-3-4-15;/h5-8,15-16H,1-4,9-13,18H2;1H. The number of piperidine rings is 1. The SMILES string of the molecule is Cl.NCC1CCCN(Cc2ccc(OCC3CC3)cc2)C1. The van der Waals surface area contributed by atoms with Gasteiger partial charge in [-0.05, 0) is 68.3 Å². The van der Waals surface area contributed by atoms with Crippen LogP contribution in [0, 0.1) is 11.8 Å². The number of likely N-dealkylation sites (tertiary alicyclic amines) is 1. The number of nitrogens with two attached hydrogens (primary N) is 1. The van der Waals surface area contributed by atoms with Crippen LogP contribution in [-0.2, 0) is 6.54 Å². The van der Waals surface area contributed by atoms with Crippen molar-refractivity contribution in [3.05, 3.63) is 29.8 Å². The third-order valence-electron chi connectivity index (χ3n) is 4.45. The maximum Gasteiger partial charge on any atom is 0.119 e. The second-order valence-corrected chi connectivity index (χ2v) is 6.38. The molecule has 21 heavy (non-hydrogen) atoms. The predicted molar refractivity (Wildman–Crippen MR) is 89.0 cm³/mol. The largest absolute Gasteiger partial charge is 0.493 e. The Bertz CT molecular complexity index is 419. The summed E-state index contributed by atoms with van der Waals surface area (Å²) >= 11 is 0. The Morgan fingerprint density at radius 3 is 2.52 bits per heavy atom. The Morgan fingerprint density at radius 2 is 1.86 bits per heavy atom. The molecule has 3 nitrogen and oxygen atoms in total. The highest BCUT2D eigenvalue weighted by molar-refractivity contribution is 5.85. The Labute approximate surface area is 134 Å². The molecule has 2 aliphatic rings. The first kappa shape index (κ1) is 16.6. The summed E-state index contributed by atoms with van der Waals surface area (Å²) in [5.74, 6) is 2.51. The van der Waals surface area contributed by atoms with Crippen molar-refractivity contribution >= 4 is 12.4 Å². The average Bonchev–Trinajstić information content (AvgIpc) is 3.31. The van der Waals surface area contributed by atoms with Gasteiger partial charge in [-0.2, -0.15) is 0 Å². The number of rotatable bonds is 6. The fourth-order valence-electron chi connectivity index (χ4n) is 2.94. The van der Waals surface area contributed by atoms with Gasteiger partial charge in [0.25, 0.3) is 0 Å². The van der Waals surface area contributed by atoms with Crippen molar-refractivity contribution in [2.75, 3.05) is 26.2 Å². The Kier molecular flexibility index (Phi) is 6.34. The number of hydrogen-bond acceptors (Lipinski definition) is 3. The third kappa shape index (κ3) is 5.17. The molecular weight excluding hydrogens is 284 g/mol. The molecule has 1 atom stereocenters. The molecule has 0 radical (unpaired) electrons. The van der Waals surface area contributed by atoms with Crippen molar-refractivity contribution in [3.8, 4) is 5.75 Å². The van der Waals surface area contributed by atoms with Crippen molar-refractivity contribution in [3.63, 3.8) is 0 Å². The van der Waals surface area contributed by atoms with Gasteiger partial charge >= 0.3 is 0 Å². The minimum absolute atomic E-state index is 0. The Hall–Kier alpha value is -0.770. The van der Waals surface area contributed by atoms with Gasteiger partial charge < -0.3 is 10.5 Å². The van der Waals surface area contributed by atoms with Gasteiger partial charge in [-0.1, -0.05) is 12.1 Å². The second-order valence-electron chi connectivity index (χ2n) is 6.38. The molecule has 3 rings (SSSR count). The van der Waals surface area contributed by atoms with E-state index in [1.165, 1.54) is 37.8 Å². The summed E-state index contributed by atoms with van der Waals surface area (Å²) in [6, 6.07) is 8.63. The summed E-state index contributed by atoms with van der Waals surface area (Å²) in [4.78, 5) is 2.53. The molecule has 1 unspecified atom stereocenters. The van der Waals surface area contributed by atoms with E-state index in [2.05, 4.69) is 29.2 Å². The van der Waals surface area contributed by atoms with Crippen LogP contribution < -0.4 is 10.5 Å². The van der Waals surface area contributed by atoms with Crippen LogP contribution in [-0.4, -0.2) is 31.1 Å². The number of ether oxygens (including phenoxy) is 1. The van der Waals surface area contributed by atoms with Gasteiger partial charge in [-0.25, -0.2) is 0 Å². The number of halogens is 1. The van der Waals surface area contributed by atoms with E-state index in [9.17, 15) is 0 Å². The van der Waals surface area contributed by atoms with Gasteiger partial charge in [0, 0.05) is 13.1 Å². The third-order valence-corrected chi connectivity index (χ3v) is 4.45. The van der Waals surface area contributed by atoms with Crippen LogP contribution in [0.3, 0.4) is 0 Å². The molecule has 1 aromatic carbocycles. The summed E-state index contributed by atoms with van der Waals surface area (Å²) < 4.78 is 5.78. The summed E-state index contributed by atoms with van der Waals surface area (Å²) in [6.07, 6.45) is 5.26. The first-order valence-electron chi connectivity index (χ1n) is 7.97. The molecule has 4 heteroatoms. The van der Waals surface area contributed by atoms with Gasteiger partial charge in [-0.15, -0.1) is 12.4 Å². The number of nitrogens with zero attached hydrogens (tertiary/aromatic N) is 1. The lowest BCUT2D eigenvalue weighted by atomic mass is 9.98. The highest BCUT2D eigenvalue weighted by Crippen LogP contribution is 2.29. The molecule has 1 heterocycles. The number of hydrogen-bond donors (Lipinski definition) is 1. The first-order valence-corrected chi connectivity index (χ1v) is 7.97.